The molecule has 1 aliphatic rings. The van der Waals surface area contributed by atoms with Crippen molar-refractivity contribution in [2.45, 2.75) is 23.8 Å². The average molecular weight is 559 g/mol. The van der Waals surface area contributed by atoms with Crippen LogP contribution in [0.3, 0.4) is 0 Å². The normalized spacial score (nSPS) is 23.1. The van der Waals surface area contributed by atoms with E-state index in [1.807, 2.05) is 0 Å². The van der Waals surface area contributed by atoms with Crippen molar-refractivity contribution < 1.29 is 43.1 Å². The summed E-state index contributed by atoms with van der Waals surface area (Å²) in [5, 5.41) is 32.3. The van der Waals surface area contributed by atoms with Gasteiger partial charge < -0.3 is 44.3 Å². The van der Waals surface area contributed by atoms with Crippen LogP contribution in [0, 0.1) is 0 Å². The molecular weight excluding hydrogens is 533 g/mol. The van der Waals surface area contributed by atoms with Crippen LogP contribution < -0.4 is 24.3 Å². The van der Waals surface area contributed by atoms with E-state index >= 15 is 4.57 Å². The highest BCUT2D eigenvalue weighted by Crippen LogP contribution is 2.67. The summed E-state index contributed by atoms with van der Waals surface area (Å²) in [6.07, 6.45) is -2.76. The number of benzene rings is 2. The van der Waals surface area contributed by atoms with Gasteiger partial charge in [-0.25, -0.2) is 19.5 Å². The van der Waals surface area contributed by atoms with E-state index < -0.39 is 38.0 Å². The number of rotatable bonds is 9. The monoisotopic (exact) mass is 559 g/mol. The zero-order chi connectivity index (χ0) is 27.8. The number of hydrogen-bond acceptors (Lipinski definition) is 13. The van der Waals surface area contributed by atoms with E-state index in [1.165, 1.54) is 38.5 Å². The molecule has 0 radical (unpaired) electrons. The number of ether oxygens (including phenoxy) is 3. The van der Waals surface area contributed by atoms with Crippen LogP contribution in [-0.2, 0) is 14.8 Å². The molecule has 0 aliphatic carbocycles. The van der Waals surface area contributed by atoms with Crippen molar-refractivity contribution in [1.82, 2.24) is 19.5 Å². The quantitative estimate of drug-likeness (QED) is 0.216. The Morgan fingerprint density at radius 1 is 0.949 bits per heavy atom. The average Bonchev–Trinajstić information content (AvgIpc) is 3.50. The Morgan fingerprint density at radius 3 is 1.97 bits per heavy atom. The maximum absolute atomic E-state index is 15.1. The van der Waals surface area contributed by atoms with Crippen LogP contribution in [0.2, 0.25) is 0 Å². The maximum atomic E-state index is 15.1. The van der Waals surface area contributed by atoms with E-state index in [4.69, 9.17) is 29.0 Å². The third-order valence-electron chi connectivity index (χ3n) is 6.26. The van der Waals surface area contributed by atoms with Gasteiger partial charge >= 0.3 is 13.1 Å². The van der Waals surface area contributed by atoms with Crippen LogP contribution in [0.4, 0.5) is 5.82 Å². The molecule has 5 N–H and O–H groups in total. The second-order valence-electron chi connectivity index (χ2n) is 8.51. The Kier molecular flexibility index (Phi) is 7.05. The fourth-order valence-corrected chi connectivity index (χ4v) is 6.53. The Labute approximate surface area is 222 Å². The van der Waals surface area contributed by atoms with E-state index in [0.717, 1.165) is 17.2 Å². The number of imidazole rings is 1. The van der Waals surface area contributed by atoms with Crippen molar-refractivity contribution in [2.24, 2.45) is 0 Å². The third kappa shape index (κ3) is 4.41. The predicted octanol–water partition coefficient (Wildman–Crippen LogP) is 1.50. The Morgan fingerprint density at radius 2 is 1.49 bits per heavy atom. The summed E-state index contributed by atoms with van der Waals surface area (Å²) in [7, 11) is -1.87. The molecule has 4 atom stereocenters. The molecule has 2 aromatic heterocycles. The lowest BCUT2D eigenvalue weighted by Gasteiger charge is -2.38. The third-order valence-corrected chi connectivity index (χ3v) is 8.54. The van der Waals surface area contributed by atoms with Crippen LogP contribution in [0.25, 0.3) is 11.2 Å². The van der Waals surface area contributed by atoms with Crippen LogP contribution in [0.1, 0.15) is 0 Å². The summed E-state index contributed by atoms with van der Waals surface area (Å²) in [5.41, 5.74) is 3.57. The second-order valence-corrected chi connectivity index (χ2v) is 10.5. The van der Waals surface area contributed by atoms with Crippen LogP contribution in [-0.4, -0.2) is 74.0 Å². The van der Waals surface area contributed by atoms with E-state index in [1.54, 1.807) is 24.3 Å². The number of hydrogen-bond donors (Lipinski definition) is 4. The van der Waals surface area contributed by atoms with Gasteiger partial charge in [0.1, 0.15) is 59.5 Å². The van der Waals surface area contributed by atoms with E-state index in [9.17, 15) is 15.3 Å². The molecule has 4 aromatic rings. The van der Waals surface area contributed by atoms with Gasteiger partial charge in [0.25, 0.3) is 0 Å². The molecule has 1 saturated heterocycles. The highest BCUT2D eigenvalue weighted by Gasteiger charge is 2.70. The largest absolute Gasteiger partial charge is 0.497 e. The van der Waals surface area contributed by atoms with Gasteiger partial charge in [-0.15, -0.1) is 0 Å². The Balaban J connectivity index is 1.74. The van der Waals surface area contributed by atoms with Crippen LogP contribution in [0.15, 0.2) is 61.2 Å². The second kappa shape index (κ2) is 10.3. The fourth-order valence-electron chi connectivity index (χ4n) is 4.28. The topological polar surface area (TPSA) is 194 Å². The molecule has 0 unspecified atom stereocenters. The summed E-state index contributed by atoms with van der Waals surface area (Å²) in [6, 6.07) is 12.2. The van der Waals surface area contributed by atoms with Crippen molar-refractivity contribution >= 4 is 24.6 Å². The molecule has 0 bridgehead atoms. The lowest BCUT2D eigenvalue weighted by Crippen LogP contribution is -2.47. The van der Waals surface area contributed by atoms with E-state index in [-0.39, 0.29) is 28.5 Å². The van der Waals surface area contributed by atoms with Gasteiger partial charge in [-0.1, -0.05) is 0 Å². The zero-order valence-electron chi connectivity index (χ0n) is 20.8. The molecule has 0 amide bonds. The van der Waals surface area contributed by atoms with Gasteiger partial charge in [0, 0.05) is 0 Å². The molecule has 206 valence electrons. The molecule has 3 heterocycles. The SMILES string of the molecule is COc1ccc(OP(=O)(Oc2ccc(OC)cc2)[C@@]2(n3cnc4c(N)ncnc43)O[C@H](CO)[C@@H](O)[C@H]2O)cc1. The molecule has 39 heavy (non-hydrogen) atoms. The minimum absolute atomic E-state index is 0.00243. The summed E-state index contributed by atoms with van der Waals surface area (Å²) in [5.74, 6) is 1.13. The van der Waals surface area contributed by atoms with Crippen molar-refractivity contribution in [3.05, 3.63) is 61.2 Å². The first-order valence-electron chi connectivity index (χ1n) is 11.6. The lowest BCUT2D eigenvalue weighted by molar-refractivity contribution is -0.0966. The summed E-state index contributed by atoms with van der Waals surface area (Å²) >= 11 is 0. The highest BCUT2D eigenvalue weighted by molar-refractivity contribution is 7.55. The summed E-state index contributed by atoms with van der Waals surface area (Å²) < 4.78 is 44.6. The first-order valence-corrected chi connectivity index (χ1v) is 13.2. The summed E-state index contributed by atoms with van der Waals surface area (Å²) in [4.78, 5) is 12.3. The molecule has 2 aromatic carbocycles. The van der Waals surface area contributed by atoms with Crippen molar-refractivity contribution in [3.8, 4) is 23.0 Å². The van der Waals surface area contributed by atoms with Gasteiger partial charge in [0.15, 0.2) is 11.5 Å². The van der Waals surface area contributed by atoms with Crippen LogP contribution >= 0.6 is 7.60 Å². The smallest absolute Gasteiger partial charge is 0.486 e. The first-order chi connectivity index (χ1) is 18.8. The highest BCUT2D eigenvalue weighted by atomic mass is 31.2. The molecule has 14 nitrogen and oxygen atoms in total. The number of aliphatic hydroxyl groups is 3. The number of aromatic nitrogens is 4. The lowest BCUT2D eigenvalue weighted by atomic mass is 10.1. The number of nitrogens with zero attached hydrogens (tertiary/aromatic N) is 4. The molecule has 1 aliphatic heterocycles. The Bertz CT molecular complexity index is 1450. The van der Waals surface area contributed by atoms with Gasteiger partial charge in [-0.3, -0.25) is 4.57 Å². The van der Waals surface area contributed by atoms with Gasteiger partial charge in [0.05, 0.1) is 20.8 Å². The number of methoxy groups -OCH3 is 2. The molecule has 15 heteroatoms. The number of nitrogen functional groups attached to an aromatic ring is 1. The van der Waals surface area contributed by atoms with E-state index in [0.29, 0.717) is 11.5 Å². The standard InChI is InChI=1S/C24H26N5O9P/c1-34-14-3-7-16(8-4-14)37-39(33,38-17-9-5-15(35-2)6-10-17)24(21(32)20(31)18(11-30)36-24)29-13-28-19-22(25)26-12-27-23(19)29/h3-10,12-13,18,20-21,30-32H,11H2,1-2H3,(H2,25,26,27)/t18-,20-,21-,24+/m1/s1. The minimum Gasteiger partial charge on any atom is -0.497 e. The van der Waals surface area contributed by atoms with Gasteiger partial charge in [0.2, 0.25) is 0 Å². The van der Waals surface area contributed by atoms with Crippen molar-refractivity contribution in [2.75, 3.05) is 26.6 Å². The number of nitrogens with two attached hydrogens (primary N) is 1. The zero-order valence-corrected chi connectivity index (χ0v) is 21.7. The van der Waals surface area contributed by atoms with Gasteiger partial charge in [-0.2, -0.15) is 0 Å². The molecule has 0 saturated carbocycles. The molecule has 5 rings (SSSR count). The first kappa shape index (κ1) is 26.7. The van der Waals surface area contributed by atoms with E-state index in [2.05, 4.69) is 15.0 Å². The fraction of sp³-hybridized carbons (Fsp3) is 0.292. The minimum atomic E-state index is -4.84. The molecule has 1 fully saturated rings. The maximum Gasteiger partial charge on any atom is 0.486 e. The summed E-state index contributed by atoms with van der Waals surface area (Å²) in [6.45, 7) is -0.727. The number of fused-ring (bicyclic) bond motifs is 1. The molecule has 0 spiro atoms. The number of aliphatic hydroxyl groups excluding tert-OH is 3. The van der Waals surface area contributed by atoms with Crippen molar-refractivity contribution in [3.63, 3.8) is 0 Å². The molecular formula is C24H26N5O9P. The predicted molar refractivity (Wildman–Crippen MR) is 137 cm³/mol. The Hall–Kier alpha value is -3.94. The number of anilines is 1. The van der Waals surface area contributed by atoms with Crippen LogP contribution in [0.5, 0.6) is 23.0 Å². The van der Waals surface area contributed by atoms with Gasteiger partial charge in [-0.05, 0) is 48.5 Å². The van der Waals surface area contributed by atoms with Crippen molar-refractivity contribution in [1.29, 1.82) is 0 Å².